The van der Waals surface area contributed by atoms with Crippen molar-refractivity contribution in [3.63, 3.8) is 0 Å². The van der Waals surface area contributed by atoms with Crippen LogP contribution in [0.1, 0.15) is 12.5 Å². The lowest BCUT2D eigenvalue weighted by molar-refractivity contribution is 0.121. The molecule has 0 spiro atoms. The van der Waals surface area contributed by atoms with E-state index in [2.05, 4.69) is 37.9 Å². The van der Waals surface area contributed by atoms with Gasteiger partial charge in [-0.1, -0.05) is 30.0 Å². The van der Waals surface area contributed by atoms with E-state index in [1.54, 1.807) is 11.8 Å². The number of hydrogen-bond donors (Lipinski definition) is 0. The molecule has 0 bridgehead atoms. The normalized spacial score (nSPS) is 14.7. The summed E-state index contributed by atoms with van der Waals surface area (Å²) in [6.45, 7) is 6.21. The van der Waals surface area contributed by atoms with Gasteiger partial charge in [0.05, 0.1) is 25.1 Å². The van der Waals surface area contributed by atoms with Crippen LogP contribution < -0.4 is 4.90 Å². The molecule has 3 heterocycles. The van der Waals surface area contributed by atoms with Gasteiger partial charge in [0.15, 0.2) is 5.16 Å². The highest BCUT2D eigenvalue weighted by Crippen LogP contribution is 2.25. The maximum Gasteiger partial charge on any atom is 0.228 e. The highest BCUT2D eigenvalue weighted by atomic mass is 32.2. The molecule has 26 heavy (non-hydrogen) atoms. The minimum atomic E-state index is 0.748. The fourth-order valence-corrected chi connectivity index (χ4v) is 3.88. The van der Waals surface area contributed by atoms with E-state index in [-0.39, 0.29) is 0 Å². The number of para-hydroxylation sites is 1. The largest absolute Gasteiger partial charge is 0.378 e. The molecule has 1 fully saturated rings. The fourth-order valence-electron chi connectivity index (χ4n) is 2.97. The third kappa shape index (κ3) is 3.61. The van der Waals surface area contributed by atoms with Crippen molar-refractivity contribution in [3.8, 4) is 5.69 Å². The van der Waals surface area contributed by atoms with Crippen LogP contribution in [-0.2, 0) is 17.0 Å². The maximum atomic E-state index is 5.43. The third-order valence-corrected chi connectivity index (χ3v) is 5.37. The summed E-state index contributed by atoms with van der Waals surface area (Å²) in [7, 11) is 0. The Kier molecular flexibility index (Phi) is 5.21. The van der Waals surface area contributed by atoms with Gasteiger partial charge in [-0.15, -0.1) is 10.2 Å². The van der Waals surface area contributed by atoms with Crippen molar-refractivity contribution < 1.29 is 4.74 Å². The van der Waals surface area contributed by atoms with Gasteiger partial charge in [-0.25, -0.2) is 4.68 Å². The molecule has 1 aliphatic heterocycles. The lowest BCUT2D eigenvalue weighted by Crippen LogP contribution is -2.38. The SMILES string of the molecule is CCn1c(SCc2cnn(-c3ccccc3)c2)nnc1N1CCOCC1. The first-order valence-corrected chi connectivity index (χ1v) is 9.81. The van der Waals surface area contributed by atoms with E-state index >= 15 is 0 Å². The summed E-state index contributed by atoms with van der Waals surface area (Å²) in [5.41, 5.74) is 2.23. The lowest BCUT2D eigenvalue weighted by atomic mass is 10.3. The first-order chi connectivity index (χ1) is 12.8. The van der Waals surface area contributed by atoms with Crippen molar-refractivity contribution in [2.45, 2.75) is 24.4 Å². The second kappa shape index (κ2) is 7.92. The predicted octanol–water partition coefficient (Wildman–Crippen LogP) is 2.61. The molecule has 4 rings (SSSR count). The van der Waals surface area contributed by atoms with Crippen molar-refractivity contribution in [3.05, 3.63) is 48.3 Å². The van der Waals surface area contributed by atoms with E-state index in [9.17, 15) is 0 Å². The molecule has 0 N–H and O–H groups in total. The maximum absolute atomic E-state index is 5.43. The number of benzene rings is 1. The first-order valence-electron chi connectivity index (χ1n) is 8.83. The summed E-state index contributed by atoms with van der Waals surface area (Å²) in [6.07, 6.45) is 3.98. The van der Waals surface area contributed by atoms with E-state index in [0.717, 1.165) is 61.0 Å². The Balaban J connectivity index is 1.45. The summed E-state index contributed by atoms with van der Waals surface area (Å²) < 4.78 is 9.51. The number of anilines is 1. The van der Waals surface area contributed by atoms with Crippen LogP contribution in [-0.4, -0.2) is 50.8 Å². The summed E-state index contributed by atoms with van der Waals surface area (Å²) >= 11 is 1.70. The minimum Gasteiger partial charge on any atom is -0.378 e. The second-order valence-corrected chi connectivity index (χ2v) is 6.99. The van der Waals surface area contributed by atoms with Gasteiger partial charge in [0.2, 0.25) is 5.95 Å². The van der Waals surface area contributed by atoms with Crippen molar-refractivity contribution in [1.29, 1.82) is 0 Å². The minimum absolute atomic E-state index is 0.748. The smallest absolute Gasteiger partial charge is 0.228 e. The fraction of sp³-hybridized carbons (Fsp3) is 0.389. The van der Waals surface area contributed by atoms with Gasteiger partial charge in [0, 0.05) is 37.1 Å². The predicted molar refractivity (Wildman–Crippen MR) is 102 cm³/mol. The molecule has 0 radical (unpaired) electrons. The quantitative estimate of drug-likeness (QED) is 0.622. The number of ether oxygens (including phenoxy) is 1. The molecule has 1 saturated heterocycles. The lowest BCUT2D eigenvalue weighted by Gasteiger charge is -2.27. The zero-order valence-corrected chi connectivity index (χ0v) is 15.6. The van der Waals surface area contributed by atoms with E-state index in [1.807, 2.05) is 41.2 Å². The average Bonchev–Trinajstić information content (AvgIpc) is 3.34. The molecule has 1 aliphatic rings. The van der Waals surface area contributed by atoms with E-state index < -0.39 is 0 Å². The summed E-state index contributed by atoms with van der Waals surface area (Å²) in [6, 6.07) is 10.1. The van der Waals surface area contributed by atoms with Gasteiger partial charge >= 0.3 is 0 Å². The summed E-state index contributed by atoms with van der Waals surface area (Å²) in [5.74, 6) is 1.76. The summed E-state index contributed by atoms with van der Waals surface area (Å²) in [5, 5.41) is 14.2. The second-order valence-electron chi connectivity index (χ2n) is 6.04. The van der Waals surface area contributed by atoms with Gasteiger partial charge < -0.3 is 9.64 Å². The third-order valence-electron chi connectivity index (χ3n) is 4.33. The van der Waals surface area contributed by atoms with Crippen LogP contribution in [0.15, 0.2) is 47.9 Å². The van der Waals surface area contributed by atoms with Crippen molar-refractivity contribution >= 4 is 17.7 Å². The van der Waals surface area contributed by atoms with Crippen LogP contribution in [0.5, 0.6) is 0 Å². The number of nitrogens with zero attached hydrogens (tertiary/aromatic N) is 6. The van der Waals surface area contributed by atoms with Gasteiger partial charge in [0.1, 0.15) is 0 Å². The highest BCUT2D eigenvalue weighted by molar-refractivity contribution is 7.98. The topological polar surface area (TPSA) is 61.0 Å². The standard InChI is InChI=1S/C18H22N6OS/c1-2-23-17(22-8-10-25-11-9-22)20-21-18(23)26-14-15-12-19-24(13-15)16-6-4-3-5-7-16/h3-7,12-13H,2,8-11,14H2,1H3. The van der Waals surface area contributed by atoms with Gasteiger partial charge in [-0.3, -0.25) is 4.57 Å². The molecule has 0 saturated carbocycles. The number of morpholine rings is 1. The molecule has 8 heteroatoms. The molecule has 7 nitrogen and oxygen atoms in total. The molecule has 0 aliphatic carbocycles. The molecule has 0 atom stereocenters. The van der Waals surface area contributed by atoms with Crippen LogP contribution in [0, 0.1) is 0 Å². The summed E-state index contributed by atoms with van der Waals surface area (Å²) in [4.78, 5) is 2.25. The molecule has 0 amide bonds. The van der Waals surface area contributed by atoms with Crippen molar-refractivity contribution in [1.82, 2.24) is 24.5 Å². The molecule has 3 aromatic rings. The molecular weight excluding hydrogens is 348 g/mol. The van der Waals surface area contributed by atoms with E-state index in [4.69, 9.17) is 4.74 Å². The zero-order valence-electron chi connectivity index (χ0n) is 14.8. The van der Waals surface area contributed by atoms with Crippen molar-refractivity contribution in [2.75, 3.05) is 31.2 Å². The average molecular weight is 370 g/mol. The molecule has 0 unspecified atom stereocenters. The molecule has 136 valence electrons. The number of hydrogen-bond acceptors (Lipinski definition) is 6. The monoisotopic (exact) mass is 370 g/mol. The van der Waals surface area contributed by atoms with Gasteiger partial charge in [0.25, 0.3) is 0 Å². The Morgan fingerprint density at radius 2 is 1.92 bits per heavy atom. The van der Waals surface area contributed by atoms with Crippen molar-refractivity contribution in [2.24, 2.45) is 0 Å². The van der Waals surface area contributed by atoms with Crippen LogP contribution in [0.4, 0.5) is 5.95 Å². The highest BCUT2D eigenvalue weighted by Gasteiger charge is 2.19. The van der Waals surface area contributed by atoms with Gasteiger partial charge in [-0.05, 0) is 19.1 Å². The molecule has 1 aromatic carbocycles. The molecular formula is C18H22N6OS. The zero-order chi connectivity index (χ0) is 17.8. The first kappa shape index (κ1) is 17.1. The van der Waals surface area contributed by atoms with Crippen LogP contribution >= 0.6 is 11.8 Å². The van der Waals surface area contributed by atoms with Crippen LogP contribution in [0.3, 0.4) is 0 Å². The van der Waals surface area contributed by atoms with E-state index in [0.29, 0.717) is 0 Å². The Hall–Kier alpha value is -2.32. The molecule has 2 aromatic heterocycles. The number of aromatic nitrogens is 5. The number of rotatable bonds is 6. The number of thioether (sulfide) groups is 1. The Morgan fingerprint density at radius 3 is 2.69 bits per heavy atom. The Morgan fingerprint density at radius 1 is 1.12 bits per heavy atom. The van der Waals surface area contributed by atoms with Crippen LogP contribution in [0.25, 0.3) is 5.69 Å². The Labute approximate surface area is 157 Å². The van der Waals surface area contributed by atoms with Crippen LogP contribution in [0.2, 0.25) is 0 Å². The van der Waals surface area contributed by atoms with E-state index in [1.165, 1.54) is 0 Å². The Bertz CT molecular complexity index is 841. The van der Waals surface area contributed by atoms with Gasteiger partial charge in [-0.2, -0.15) is 5.10 Å².